The number of hydrogen-bond acceptors (Lipinski definition) is 4. The van der Waals surface area contributed by atoms with Gasteiger partial charge in [-0.25, -0.2) is 0 Å². The van der Waals surface area contributed by atoms with Gasteiger partial charge in [-0.15, -0.1) is 0 Å². The van der Waals surface area contributed by atoms with E-state index in [4.69, 9.17) is 0 Å². The van der Waals surface area contributed by atoms with Crippen LogP contribution in [-0.2, 0) is 14.3 Å². The fourth-order valence-electron chi connectivity index (χ4n) is 1.93. The maximum absolute atomic E-state index is 12.0. The molecule has 92 valence electrons. The van der Waals surface area contributed by atoms with Gasteiger partial charge in [0, 0.05) is 18.5 Å². The highest BCUT2D eigenvalue weighted by Gasteiger charge is 2.49. The Hall–Kier alpha value is -0.760. The lowest BCUT2D eigenvalue weighted by Crippen LogP contribution is -2.34. The monoisotopic (exact) mass is 257 g/mol. The molecular formula is C8H10F3NO3S. The molecule has 0 radical (unpaired) electrons. The van der Waals surface area contributed by atoms with Crippen molar-refractivity contribution in [1.29, 1.82) is 0 Å². The zero-order valence-corrected chi connectivity index (χ0v) is 8.94. The zero-order valence-electron chi connectivity index (χ0n) is 8.12. The first-order chi connectivity index (χ1) is 7.28. The minimum atomic E-state index is -5.51. The SMILES string of the molecule is O=S(=O)(OC1=C[C@@H]2CC[C@H](C1)N2)C(F)(F)F. The second-order valence-corrected chi connectivity index (χ2v) is 5.41. The Morgan fingerprint density at radius 1 is 1.38 bits per heavy atom. The molecule has 1 N–H and O–H groups in total. The smallest absolute Gasteiger partial charge is 0.381 e. The summed E-state index contributed by atoms with van der Waals surface area (Å²) in [4.78, 5) is 0. The minimum absolute atomic E-state index is 0.0217. The van der Waals surface area contributed by atoms with Crippen LogP contribution >= 0.6 is 0 Å². The van der Waals surface area contributed by atoms with E-state index in [9.17, 15) is 21.6 Å². The third kappa shape index (κ3) is 2.17. The average molecular weight is 257 g/mol. The van der Waals surface area contributed by atoms with Crippen molar-refractivity contribution in [2.45, 2.75) is 36.9 Å². The second kappa shape index (κ2) is 3.63. The predicted octanol–water partition coefficient (Wildman–Crippen LogP) is 1.26. The van der Waals surface area contributed by atoms with Crippen molar-refractivity contribution in [3.8, 4) is 0 Å². The van der Waals surface area contributed by atoms with E-state index < -0.39 is 15.6 Å². The normalized spacial score (nSPS) is 30.1. The largest absolute Gasteiger partial charge is 0.534 e. The van der Waals surface area contributed by atoms with Crippen molar-refractivity contribution in [1.82, 2.24) is 5.32 Å². The summed E-state index contributed by atoms with van der Waals surface area (Å²) in [7, 11) is -5.51. The predicted molar refractivity (Wildman–Crippen MR) is 48.7 cm³/mol. The lowest BCUT2D eigenvalue weighted by molar-refractivity contribution is -0.0524. The van der Waals surface area contributed by atoms with Crippen molar-refractivity contribution >= 4 is 10.1 Å². The van der Waals surface area contributed by atoms with Crippen LogP contribution < -0.4 is 5.32 Å². The molecule has 0 amide bonds. The van der Waals surface area contributed by atoms with Crippen LogP contribution in [0.2, 0.25) is 0 Å². The summed E-state index contributed by atoms with van der Waals surface area (Å²) in [5.74, 6) is -0.108. The van der Waals surface area contributed by atoms with Crippen LogP contribution in [0, 0.1) is 0 Å². The van der Waals surface area contributed by atoms with Crippen LogP contribution in [-0.4, -0.2) is 26.0 Å². The van der Waals surface area contributed by atoms with E-state index in [0.717, 1.165) is 12.8 Å². The van der Waals surface area contributed by atoms with E-state index in [1.807, 2.05) is 0 Å². The maximum atomic E-state index is 12.0. The number of hydrogen-bond donors (Lipinski definition) is 1. The summed E-state index contributed by atoms with van der Waals surface area (Å²) in [6.45, 7) is 0. The van der Waals surface area contributed by atoms with Gasteiger partial charge in [0.15, 0.2) is 0 Å². The summed E-state index contributed by atoms with van der Waals surface area (Å²) < 4.78 is 61.7. The van der Waals surface area contributed by atoms with E-state index in [2.05, 4.69) is 9.50 Å². The topological polar surface area (TPSA) is 55.4 Å². The summed E-state index contributed by atoms with van der Waals surface area (Å²) in [5, 5.41) is 3.11. The Morgan fingerprint density at radius 2 is 2.06 bits per heavy atom. The first-order valence-electron chi connectivity index (χ1n) is 4.75. The van der Waals surface area contributed by atoms with Crippen molar-refractivity contribution in [2.24, 2.45) is 0 Å². The van der Waals surface area contributed by atoms with E-state index in [1.54, 1.807) is 0 Å². The van der Waals surface area contributed by atoms with E-state index in [0.29, 0.717) is 0 Å². The van der Waals surface area contributed by atoms with Gasteiger partial charge in [-0.1, -0.05) is 0 Å². The Morgan fingerprint density at radius 3 is 2.62 bits per heavy atom. The first kappa shape index (κ1) is 11.7. The fourth-order valence-corrected chi connectivity index (χ4v) is 2.43. The minimum Gasteiger partial charge on any atom is -0.381 e. The van der Waals surface area contributed by atoms with Crippen LogP contribution in [0.4, 0.5) is 13.2 Å². The molecule has 8 heteroatoms. The van der Waals surface area contributed by atoms with Gasteiger partial charge in [-0.05, 0) is 18.9 Å². The Balaban J connectivity index is 2.12. The van der Waals surface area contributed by atoms with Gasteiger partial charge in [-0.2, -0.15) is 21.6 Å². The van der Waals surface area contributed by atoms with E-state index in [1.165, 1.54) is 6.08 Å². The van der Waals surface area contributed by atoms with Crippen molar-refractivity contribution in [3.63, 3.8) is 0 Å². The molecule has 2 aliphatic heterocycles. The lowest BCUT2D eigenvalue weighted by Gasteiger charge is -2.21. The molecule has 0 aromatic carbocycles. The second-order valence-electron chi connectivity index (χ2n) is 3.87. The molecule has 0 aromatic rings. The lowest BCUT2D eigenvalue weighted by atomic mass is 10.1. The fraction of sp³-hybridized carbons (Fsp3) is 0.750. The summed E-state index contributed by atoms with van der Waals surface area (Å²) in [6, 6.07) is -0.0504. The van der Waals surface area contributed by atoms with Crippen molar-refractivity contribution < 1.29 is 25.8 Å². The average Bonchev–Trinajstić information content (AvgIpc) is 2.43. The number of halogens is 3. The van der Waals surface area contributed by atoms with Crippen LogP contribution in [0.25, 0.3) is 0 Å². The summed E-state index contributed by atoms with van der Waals surface area (Å²) >= 11 is 0. The van der Waals surface area contributed by atoms with E-state index in [-0.39, 0.29) is 24.3 Å². The maximum Gasteiger partial charge on any atom is 0.534 e. The highest BCUT2D eigenvalue weighted by molar-refractivity contribution is 7.87. The van der Waals surface area contributed by atoms with Crippen molar-refractivity contribution in [3.05, 3.63) is 11.8 Å². The molecule has 1 saturated heterocycles. The molecule has 2 bridgehead atoms. The molecular weight excluding hydrogens is 247 g/mol. The molecule has 16 heavy (non-hydrogen) atoms. The molecule has 0 unspecified atom stereocenters. The third-order valence-electron chi connectivity index (χ3n) is 2.61. The highest BCUT2D eigenvalue weighted by Crippen LogP contribution is 2.32. The van der Waals surface area contributed by atoms with Gasteiger partial charge in [0.1, 0.15) is 5.76 Å². The van der Waals surface area contributed by atoms with Crippen LogP contribution in [0.15, 0.2) is 11.8 Å². The van der Waals surface area contributed by atoms with Crippen LogP contribution in [0.5, 0.6) is 0 Å². The molecule has 4 nitrogen and oxygen atoms in total. The number of alkyl halides is 3. The quantitative estimate of drug-likeness (QED) is 0.597. The van der Waals surface area contributed by atoms with Gasteiger partial charge in [0.2, 0.25) is 0 Å². The van der Waals surface area contributed by atoms with Crippen LogP contribution in [0.1, 0.15) is 19.3 Å². The summed E-state index contributed by atoms with van der Waals surface area (Å²) in [5.41, 5.74) is -5.36. The Labute approximate surface area is 90.6 Å². The molecule has 2 heterocycles. The van der Waals surface area contributed by atoms with Gasteiger partial charge in [0.25, 0.3) is 0 Å². The highest BCUT2D eigenvalue weighted by atomic mass is 32.2. The van der Waals surface area contributed by atoms with Gasteiger partial charge >= 0.3 is 15.6 Å². The van der Waals surface area contributed by atoms with Gasteiger partial charge in [0.05, 0.1) is 0 Å². The number of rotatable bonds is 2. The van der Waals surface area contributed by atoms with Gasteiger partial charge in [-0.3, -0.25) is 0 Å². The molecule has 0 saturated carbocycles. The molecule has 2 atom stereocenters. The Kier molecular flexibility index (Phi) is 2.66. The van der Waals surface area contributed by atoms with Crippen LogP contribution in [0.3, 0.4) is 0 Å². The third-order valence-corrected chi connectivity index (χ3v) is 3.61. The van der Waals surface area contributed by atoms with Gasteiger partial charge < -0.3 is 9.50 Å². The van der Waals surface area contributed by atoms with Crippen molar-refractivity contribution in [2.75, 3.05) is 0 Å². The van der Waals surface area contributed by atoms with E-state index >= 15 is 0 Å². The number of fused-ring (bicyclic) bond motifs is 2. The standard InChI is InChI=1S/C8H10F3NO3S/c9-8(10,11)16(13,14)15-7-3-5-1-2-6(4-7)12-5/h3,5-6,12H,1-2,4H2/t5-,6+/m0/s1. The molecule has 2 rings (SSSR count). The Bertz CT molecular complexity index is 415. The molecule has 0 spiro atoms. The summed E-state index contributed by atoms with van der Waals surface area (Å²) in [6.07, 6.45) is 3.21. The molecule has 0 aromatic heterocycles. The molecule has 0 aliphatic carbocycles. The zero-order chi connectivity index (χ0) is 12.0. The molecule has 1 fully saturated rings. The molecule has 2 aliphatic rings. The number of nitrogens with one attached hydrogen (secondary N) is 1. The first-order valence-corrected chi connectivity index (χ1v) is 6.16.